The molecule has 1 aromatic rings. The molecule has 2 N–H and O–H groups in total. The summed E-state index contributed by atoms with van der Waals surface area (Å²) in [6, 6.07) is 3.38. The average molecular weight is 332 g/mol. The van der Waals surface area contributed by atoms with Crippen molar-refractivity contribution >= 4 is 24.0 Å². The van der Waals surface area contributed by atoms with Crippen molar-refractivity contribution in [3.8, 4) is 0 Å². The van der Waals surface area contributed by atoms with E-state index in [0.717, 1.165) is 16.6 Å². The second kappa shape index (κ2) is 6.84. The summed E-state index contributed by atoms with van der Waals surface area (Å²) in [7, 11) is 1.77. The third-order valence-electron chi connectivity index (χ3n) is 4.53. The van der Waals surface area contributed by atoms with Crippen molar-refractivity contribution in [2.75, 3.05) is 7.05 Å². The summed E-state index contributed by atoms with van der Waals surface area (Å²) in [5.74, 6) is 0.526. The Hall–Kier alpha value is -1.66. The van der Waals surface area contributed by atoms with Crippen LogP contribution < -0.4 is 10.6 Å². The highest BCUT2D eigenvalue weighted by Crippen LogP contribution is 2.43. The molecule has 1 aromatic heterocycles. The molecule has 0 radical (unpaired) electrons. The van der Waals surface area contributed by atoms with E-state index in [-0.39, 0.29) is 5.91 Å². The smallest absolute Gasteiger partial charge is 0.265 e. The predicted molar refractivity (Wildman–Crippen MR) is 94.8 cm³/mol. The van der Waals surface area contributed by atoms with E-state index >= 15 is 0 Å². The van der Waals surface area contributed by atoms with Gasteiger partial charge in [-0.25, -0.2) is 0 Å². The van der Waals surface area contributed by atoms with E-state index in [1.54, 1.807) is 18.3 Å². The molecule has 23 heavy (non-hydrogen) atoms. The van der Waals surface area contributed by atoms with Crippen LogP contribution in [0.1, 0.15) is 53.8 Å². The van der Waals surface area contributed by atoms with Crippen LogP contribution in [0.2, 0.25) is 0 Å². The molecule has 2 saturated carbocycles. The summed E-state index contributed by atoms with van der Waals surface area (Å²) < 4.78 is 0. The Morgan fingerprint density at radius 3 is 2.96 bits per heavy atom. The van der Waals surface area contributed by atoms with Crippen molar-refractivity contribution in [2.45, 2.75) is 50.6 Å². The Morgan fingerprint density at radius 2 is 2.30 bits per heavy atom. The van der Waals surface area contributed by atoms with Gasteiger partial charge in [0.2, 0.25) is 0 Å². The lowest BCUT2D eigenvalue weighted by atomic mass is 9.93. The SMILES string of the molecule is C=NN(C)/C=C(\C)NC(=O)c1cc([C@H]2C[C@@H]2NC2CCC2)cs1. The maximum absolute atomic E-state index is 12.3. The first kappa shape index (κ1) is 16.2. The number of thiophene rings is 1. The quantitative estimate of drug-likeness (QED) is 0.596. The number of nitrogens with zero attached hydrogens (tertiary/aromatic N) is 2. The van der Waals surface area contributed by atoms with E-state index in [2.05, 4.69) is 27.8 Å². The minimum absolute atomic E-state index is 0.0587. The van der Waals surface area contributed by atoms with Gasteiger partial charge in [0.15, 0.2) is 0 Å². The Bertz CT molecular complexity index is 620. The third-order valence-corrected chi connectivity index (χ3v) is 5.48. The highest BCUT2D eigenvalue weighted by atomic mass is 32.1. The van der Waals surface area contributed by atoms with Gasteiger partial charge in [-0.15, -0.1) is 11.3 Å². The summed E-state index contributed by atoms with van der Waals surface area (Å²) in [6.45, 7) is 5.27. The summed E-state index contributed by atoms with van der Waals surface area (Å²) >= 11 is 1.52. The fourth-order valence-corrected chi connectivity index (χ4v) is 3.75. The number of rotatable bonds is 7. The molecular weight excluding hydrogens is 308 g/mol. The first-order valence-corrected chi connectivity index (χ1v) is 8.98. The van der Waals surface area contributed by atoms with Crippen LogP contribution in [0, 0.1) is 0 Å². The van der Waals surface area contributed by atoms with Crippen LogP contribution in [0.15, 0.2) is 28.4 Å². The van der Waals surface area contributed by atoms with Gasteiger partial charge in [-0.2, -0.15) is 5.10 Å². The van der Waals surface area contributed by atoms with E-state index in [1.165, 1.54) is 42.6 Å². The molecular formula is C17H24N4OS. The Kier molecular flexibility index (Phi) is 4.82. The number of allylic oxidation sites excluding steroid dienone is 1. The highest BCUT2D eigenvalue weighted by Gasteiger charge is 2.40. The molecule has 2 aliphatic carbocycles. The molecule has 2 aliphatic rings. The molecule has 0 bridgehead atoms. The van der Waals surface area contributed by atoms with E-state index < -0.39 is 0 Å². The molecule has 2 fully saturated rings. The van der Waals surface area contributed by atoms with Crippen molar-refractivity contribution in [1.82, 2.24) is 15.6 Å². The average Bonchev–Trinajstić information content (AvgIpc) is 3.07. The first-order chi connectivity index (χ1) is 11.1. The van der Waals surface area contributed by atoms with E-state index in [0.29, 0.717) is 12.0 Å². The number of amides is 1. The zero-order valence-electron chi connectivity index (χ0n) is 13.7. The first-order valence-electron chi connectivity index (χ1n) is 8.10. The third kappa shape index (κ3) is 4.00. The maximum atomic E-state index is 12.3. The van der Waals surface area contributed by atoms with Crippen molar-refractivity contribution in [2.24, 2.45) is 5.10 Å². The molecule has 0 saturated heterocycles. The lowest BCUT2D eigenvalue weighted by molar-refractivity contribution is 0.0969. The molecule has 0 aromatic carbocycles. The van der Waals surface area contributed by atoms with Crippen molar-refractivity contribution < 1.29 is 4.79 Å². The fourth-order valence-electron chi connectivity index (χ4n) is 2.88. The monoisotopic (exact) mass is 332 g/mol. The molecule has 1 amide bonds. The van der Waals surface area contributed by atoms with Gasteiger partial charge in [0.1, 0.15) is 0 Å². The second-order valence-corrected chi connectivity index (χ2v) is 7.38. The van der Waals surface area contributed by atoms with Crippen molar-refractivity contribution in [3.05, 3.63) is 33.8 Å². The molecule has 0 unspecified atom stereocenters. The van der Waals surface area contributed by atoms with E-state index in [9.17, 15) is 4.79 Å². The second-order valence-electron chi connectivity index (χ2n) is 6.47. The van der Waals surface area contributed by atoms with E-state index in [4.69, 9.17) is 0 Å². The largest absolute Gasteiger partial charge is 0.324 e. The topological polar surface area (TPSA) is 56.7 Å². The Labute approximate surface area is 141 Å². The number of hydrogen-bond donors (Lipinski definition) is 2. The van der Waals surface area contributed by atoms with Gasteiger partial charge < -0.3 is 10.6 Å². The number of nitrogens with one attached hydrogen (secondary N) is 2. The molecule has 5 nitrogen and oxygen atoms in total. The predicted octanol–water partition coefficient (Wildman–Crippen LogP) is 2.88. The molecule has 124 valence electrons. The van der Waals surface area contributed by atoms with Crippen molar-refractivity contribution in [3.63, 3.8) is 0 Å². The van der Waals surface area contributed by atoms with Gasteiger partial charge in [-0.3, -0.25) is 9.80 Å². The zero-order chi connectivity index (χ0) is 16.4. The van der Waals surface area contributed by atoms with Gasteiger partial charge in [0.25, 0.3) is 5.91 Å². The van der Waals surface area contributed by atoms with Crippen LogP contribution in [0.5, 0.6) is 0 Å². The van der Waals surface area contributed by atoms with Crippen molar-refractivity contribution in [1.29, 1.82) is 0 Å². The summed E-state index contributed by atoms with van der Waals surface area (Å²) in [6.07, 6.45) is 6.93. The number of carbonyl (C=O) groups excluding carboxylic acids is 1. The Morgan fingerprint density at radius 1 is 1.52 bits per heavy atom. The molecule has 0 aliphatic heterocycles. The minimum Gasteiger partial charge on any atom is -0.324 e. The number of hydrazone groups is 1. The van der Waals surface area contributed by atoms with Gasteiger partial charge in [0.05, 0.1) is 4.88 Å². The molecule has 6 heteroatoms. The summed E-state index contributed by atoms with van der Waals surface area (Å²) in [4.78, 5) is 13.0. The van der Waals surface area contributed by atoms with Gasteiger partial charge in [-0.1, -0.05) is 6.42 Å². The van der Waals surface area contributed by atoms with E-state index in [1.807, 2.05) is 13.0 Å². The molecule has 2 atom stereocenters. The zero-order valence-corrected chi connectivity index (χ0v) is 14.5. The molecule has 1 heterocycles. The maximum Gasteiger partial charge on any atom is 0.265 e. The van der Waals surface area contributed by atoms with Crippen LogP contribution in [0.4, 0.5) is 0 Å². The summed E-state index contributed by atoms with van der Waals surface area (Å²) in [5.41, 5.74) is 2.04. The van der Waals surface area contributed by atoms with Gasteiger partial charge in [-0.05, 0) is 43.2 Å². The Balaban J connectivity index is 1.53. The lowest BCUT2D eigenvalue weighted by Crippen LogP contribution is -2.37. The van der Waals surface area contributed by atoms with Crippen LogP contribution in [0.25, 0.3) is 0 Å². The van der Waals surface area contributed by atoms with Gasteiger partial charge in [0, 0.05) is 43.7 Å². The minimum atomic E-state index is -0.0587. The van der Waals surface area contributed by atoms with Crippen LogP contribution in [0.3, 0.4) is 0 Å². The lowest BCUT2D eigenvalue weighted by Gasteiger charge is -2.26. The van der Waals surface area contributed by atoms with Crippen LogP contribution >= 0.6 is 11.3 Å². The molecule has 3 rings (SSSR count). The van der Waals surface area contributed by atoms with Gasteiger partial charge >= 0.3 is 0 Å². The number of hydrogen-bond acceptors (Lipinski definition) is 5. The van der Waals surface area contributed by atoms with Crippen LogP contribution in [-0.2, 0) is 0 Å². The standard InChI is InChI=1S/C17H24N4OS/c1-11(9-21(3)18-2)19-17(22)16-7-12(10-23-16)14-8-15(14)20-13-5-4-6-13/h7,9-10,13-15,20H,2,4-6,8H2,1,3H3,(H,19,22)/b11-9+/t14-,15+/m1/s1. The molecule has 0 spiro atoms. The van der Waals surface area contributed by atoms with Crippen LogP contribution in [-0.4, -0.2) is 36.8 Å². The normalized spacial score (nSPS) is 24.0. The number of carbonyl (C=O) groups is 1. The summed E-state index contributed by atoms with van der Waals surface area (Å²) in [5, 5.41) is 14.0. The highest BCUT2D eigenvalue weighted by molar-refractivity contribution is 7.12. The fraction of sp³-hybridized carbons (Fsp3) is 0.529.